The third kappa shape index (κ3) is 1.89. The highest BCUT2D eigenvalue weighted by Gasteiger charge is 2.14. The molecule has 0 saturated carbocycles. The molecule has 1 fully saturated rings. The van der Waals surface area contributed by atoms with Crippen molar-refractivity contribution in [3.8, 4) is 0 Å². The van der Waals surface area contributed by atoms with Crippen molar-refractivity contribution >= 4 is 12.2 Å². The number of hydrogen-bond donors (Lipinski definition) is 0. The lowest BCUT2D eigenvalue weighted by Gasteiger charge is -2.14. The summed E-state index contributed by atoms with van der Waals surface area (Å²) < 4.78 is 0. The molecule has 2 rings (SSSR count). The lowest BCUT2D eigenvalue weighted by atomic mass is 10.3. The highest BCUT2D eigenvalue weighted by Crippen LogP contribution is 2.14. The second kappa shape index (κ2) is 4.17. The summed E-state index contributed by atoms with van der Waals surface area (Å²) in [6, 6.07) is 1.79. The van der Waals surface area contributed by atoms with Crippen molar-refractivity contribution in [3.63, 3.8) is 0 Å². The molecule has 0 aromatic carbocycles. The van der Waals surface area contributed by atoms with Crippen molar-refractivity contribution < 1.29 is 4.79 Å². The number of carbonyl (C=O) groups is 1. The molecular weight excluding hydrogens is 178 g/mol. The van der Waals surface area contributed by atoms with Crippen molar-refractivity contribution in [3.05, 3.63) is 18.0 Å². The standard InChI is InChI=1S/C10H13N3O/c14-8-4-9-3-5-11-10(12-9)13-6-1-2-7-13/h3,5,8H,1-2,4,6-7H2. The zero-order chi connectivity index (χ0) is 9.80. The molecule has 1 aromatic heterocycles. The van der Waals surface area contributed by atoms with Gasteiger partial charge in [-0.15, -0.1) is 0 Å². The van der Waals surface area contributed by atoms with Gasteiger partial charge in [0, 0.05) is 25.7 Å². The molecule has 0 bridgehead atoms. The molecule has 1 aromatic rings. The Bertz CT molecular complexity index is 321. The van der Waals surface area contributed by atoms with Crippen molar-refractivity contribution in [2.24, 2.45) is 0 Å². The van der Waals surface area contributed by atoms with Crippen molar-refractivity contribution in [2.75, 3.05) is 18.0 Å². The first-order valence-corrected chi connectivity index (χ1v) is 4.90. The van der Waals surface area contributed by atoms with Gasteiger partial charge in [0.2, 0.25) is 5.95 Å². The molecular formula is C10H13N3O. The molecule has 0 unspecified atom stereocenters. The van der Waals surface area contributed by atoms with Gasteiger partial charge in [0.1, 0.15) is 6.29 Å². The highest BCUT2D eigenvalue weighted by atomic mass is 16.1. The van der Waals surface area contributed by atoms with Gasteiger partial charge >= 0.3 is 0 Å². The minimum Gasteiger partial charge on any atom is -0.341 e. The Balaban J connectivity index is 2.16. The topological polar surface area (TPSA) is 46.1 Å². The second-order valence-corrected chi connectivity index (χ2v) is 3.41. The third-order valence-electron chi connectivity index (χ3n) is 2.38. The van der Waals surface area contributed by atoms with Crippen LogP contribution in [0.15, 0.2) is 12.3 Å². The predicted octanol–water partition coefficient (Wildman–Crippen LogP) is 0.818. The van der Waals surface area contributed by atoms with E-state index in [1.54, 1.807) is 12.3 Å². The quantitative estimate of drug-likeness (QED) is 0.663. The minimum absolute atomic E-state index is 0.378. The monoisotopic (exact) mass is 191 g/mol. The summed E-state index contributed by atoms with van der Waals surface area (Å²) in [6.45, 7) is 2.06. The van der Waals surface area contributed by atoms with E-state index in [2.05, 4.69) is 14.9 Å². The Hall–Kier alpha value is -1.45. The Kier molecular flexibility index (Phi) is 2.72. The predicted molar refractivity (Wildman–Crippen MR) is 53.2 cm³/mol. The van der Waals surface area contributed by atoms with E-state index in [1.165, 1.54) is 12.8 Å². The Labute approximate surface area is 83.0 Å². The smallest absolute Gasteiger partial charge is 0.225 e. The molecule has 4 heteroatoms. The van der Waals surface area contributed by atoms with Crippen molar-refractivity contribution in [1.29, 1.82) is 0 Å². The number of anilines is 1. The van der Waals surface area contributed by atoms with E-state index in [-0.39, 0.29) is 0 Å². The van der Waals surface area contributed by atoms with Crippen LogP contribution in [0, 0.1) is 0 Å². The normalized spacial score (nSPS) is 15.9. The Morgan fingerprint density at radius 3 is 2.93 bits per heavy atom. The summed E-state index contributed by atoms with van der Waals surface area (Å²) in [5.74, 6) is 0.766. The van der Waals surface area contributed by atoms with E-state index < -0.39 is 0 Å². The molecule has 4 nitrogen and oxygen atoms in total. The van der Waals surface area contributed by atoms with Gasteiger partial charge in [0.15, 0.2) is 0 Å². The lowest BCUT2D eigenvalue weighted by Crippen LogP contribution is -2.20. The van der Waals surface area contributed by atoms with Crippen LogP contribution < -0.4 is 4.90 Å². The van der Waals surface area contributed by atoms with Crippen LogP contribution in [0.2, 0.25) is 0 Å². The maximum atomic E-state index is 10.3. The van der Waals surface area contributed by atoms with Crippen molar-refractivity contribution in [1.82, 2.24) is 9.97 Å². The summed E-state index contributed by atoms with van der Waals surface area (Å²) in [4.78, 5) is 21.0. The van der Waals surface area contributed by atoms with Crippen molar-refractivity contribution in [2.45, 2.75) is 19.3 Å². The van der Waals surface area contributed by atoms with Crippen LogP contribution in [-0.4, -0.2) is 29.3 Å². The Morgan fingerprint density at radius 1 is 1.43 bits per heavy atom. The van der Waals surface area contributed by atoms with Crippen LogP contribution in [0.3, 0.4) is 0 Å². The van der Waals surface area contributed by atoms with Gasteiger partial charge in [-0.05, 0) is 18.9 Å². The minimum atomic E-state index is 0.378. The van der Waals surface area contributed by atoms with Gasteiger partial charge in [0.05, 0.1) is 5.69 Å². The summed E-state index contributed by atoms with van der Waals surface area (Å²) in [5, 5.41) is 0. The molecule has 1 aliphatic heterocycles. The van der Waals surface area contributed by atoms with E-state index in [4.69, 9.17) is 0 Å². The fraction of sp³-hybridized carbons (Fsp3) is 0.500. The first-order valence-electron chi connectivity index (χ1n) is 4.90. The van der Waals surface area contributed by atoms with Crippen LogP contribution in [0.25, 0.3) is 0 Å². The van der Waals surface area contributed by atoms with Crippen LogP contribution in [0.1, 0.15) is 18.5 Å². The first-order chi connectivity index (χ1) is 6.90. The van der Waals surface area contributed by atoms with Gasteiger partial charge in [-0.1, -0.05) is 0 Å². The molecule has 1 aliphatic rings. The van der Waals surface area contributed by atoms with Crippen LogP contribution in [0.4, 0.5) is 5.95 Å². The van der Waals surface area contributed by atoms with Gasteiger partial charge < -0.3 is 9.69 Å². The van der Waals surface area contributed by atoms with E-state index in [9.17, 15) is 4.79 Å². The van der Waals surface area contributed by atoms with Crippen LogP contribution in [-0.2, 0) is 11.2 Å². The molecule has 0 aliphatic carbocycles. The number of aldehydes is 1. The zero-order valence-electron chi connectivity index (χ0n) is 8.02. The second-order valence-electron chi connectivity index (χ2n) is 3.41. The number of hydrogen-bond acceptors (Lipinski definition) is 4. The largest absolute Gasteiger partial charge is 0.341 e. The molecule has 0 radical (unpaired) electrons. The molecule has 0 amide bonds. The number of rotatable bonds is 3. The lowest BCUT2D eigenvalue weighted by molar-refractivity contribution is -0.107. The van der Waals surface area contributed by atoms with E-state index in [1.807, 2.05) is 0 Å². The summed E-state index contributed by atoms with van der Waals surface area (Å²) in [5.41, 5.74) is 0.803. The van der Waals surface area contributed by atoms with Gasteiger partial charge in [-0.2, -0.15) is 0 Å². The van der Waals surface area contributed by atoms with Crippen LogP contribution in [0.5, 0.6) is 0 Å². The molecule has 74 valence electrons. The number of nitrogens with zero attached hydrogens (tertiary/aromatic N) is 3. The average molecular weight is 191 g/mol. The average Bonchev–Trinajstić information content (AvgIpc) is 2.71. The fourth-order valence-electron chi connectivity index (χ4n) is 1.65. The molecule has 0 atom stereocenters. The number of carbonyl (C=O) groups excluding carboxylic acids is 1. The van der Waals surface area contributed by atoms with Gasteiger partial charge in [-0.25, -0.2) is 9.97 Å². The summed E-state index contributed by atoms with van der Waals surface area (Å²) in [7, 11) is 0. The van der Waals surface area contributed by atoms with E-state index in [0.29, 0.717) is 6.42 Å². The van der Waals surface area contributed by atoms with E-state index >= 15 is 0 Å². The maximum absolute atomic E-state index is 10.3. The molecule has 14 heavy (non-hydrogen) atoms. The summed E-state index contributed by atoms with van der Waals surface area (Å²) >= 11 is 0. The van der Waals surface area contributed by atoms with Crippen LogP contribution >= 0.6 is 0 Å². The van der Waals surface area contributed by atoms with Gasteiger partial charge in [0.25, 0.3) is 0 Å². The molecule has 0 N–H and O–H groups in total. The molecule has 0 spiro atoms. The fourth-order valence-corrected chi connectivity index (χ4v) is 1.65. The van der Waals surface area contributed by atoms with Gasteiger partial charge in [-0.3, -0.25) is 0 Å². The molecule has 2 heterocycles. The molecule has 1 saturated heterocycles. The SMILES string of the molecule is O=CCc1ccnc(N2CCCC2)n1. The van der Waals surface area contributed by atoms with E-state index in [0.717, 1.165) is 31.0 Å². The Morgan fingerprint density at radius 2 is 2.21 bits per heavy atom. The zero-order valence-corrected chi connectivity index (χ0v) is 8.02. The maximum Gasteiger partial charge on any atom is 0.225 e. The third-order valence-corrected chi connectivity index (χ3v) is 2.38. The number of aromatic nitrogens is 2. The first kappa shape index (κ1) is 9.12. The highest BCUT2D eigenvalue weighted by molar-refractivity contribution is 5.53. The summed E-state index contributed by atoms with van der Waals surface area (Å²) in [6.07, 6.45) is 5.39.